The number of nitrogens with zero attached hydrogens (tertiary/aromatic N) is 1. The van der Waals surface area contributed by atoms with Gasteiger partial charge in [0.1, 0.15) is 21.7 Å². The van der Waals surface area contributed by atoms with Crippen LogP contribution in [-0.2, 0) is 9.67 Å². The number of carbonyl (C=O) groups is 1. The van der Waals surface area contributed by atoms with Crippen LogP contribution >= 0.6 is 34.9 Å². The Balaban J connectivity index is 1.75. The first-order valence-corrected chi connectivity index (χ1v) is 10.7. The Hall–Kier alpha value is -0.960. The highest BCUT2D eigenvalue weighted by Gasteiger charge is 2.42. The van der Waals surface area contributed by atoms with Crippen LogP contribution in [0.1, 0.15) is 18.9 Å². The lowest BCUT2D eigenvalue weighted by Gasteiger charge is -2.20. The topological polar surface area (TPSA) is 71.5 Å². The molecule has 0 saturated carbocycles. The summed E-state index contributed by atoms with van der Waals surface area (Å²) in [6.45, 7) is 4.84. The third-order valence-corrected chi connectivity index (χ3v) is 7.38. The summed E-state index contributed by atoms with van der Waals surface area (Å²) in [7, 11) is 0. The average molecular weight is 385 g/mol. The average Bonchev–Trinajstić information content (AvgIpc) is 3.16. The number of carboxylic acid groups (broad SMARTS) is 1. The quantitative estimate of drug-likeness (QED) is 0.709. The number of carboxylic acids is 1. The molecule has 0 spiro atoms. The Morgan fingerprint density at radius 2 is 2.42 bits per heavy atom. The summed E-state index contributed by atoms with van der Waals surface area (Å²) in [6, 6.07) is 5.40. The second kappa shape index (κ2) is 7.51. The van der Waals surface area contributed by atoms with E-state index in [2.05, 4.69) is 12.2 Å². The summed E-state index contributed by atoms with van der Waals surface area (Å²) in [6.07, 6.45) is 0. The zero-order valence-electron chi connectivity index (χ0n) is 13.6. The van der Waals surface area contributed by atoms with E-state index in [4.69, 9.17) is 9.72 Å². The Kier molecular flexibility index (Phi) is 5.59. The number of hydrogen-bond donors (Lipinski definition) is 2. The van der Waals surface area contributed by atoms with Crippen LogP contribution < -0.4 is 10.1 Å². The lowest BCUT2D eigenvalue weighted by atomic mass is 10.2. The van der Waals surface area contributed by atoms with E-state index in [1.165, 1.54) is 0 Å². The van der Waals surface area contributed by atoms with E-state index >= 15 is 0 Å². The zero-order chi connectivity index (χ0) is 17.2. The molecule has 1 fully saturated rings. The van der Waals surface area contributed by atoms with Crippen LogP contribution in [0.4, 0.5) is 0 Å². The molecule has 1 unspecified atom stereocenters. The molecule has 3 rings (SSSR count). The van der Waals surface area contributed by atoms with Gasteiger partial charge in [-0.2, -0.15) is 11.8 Å². The number of rotatable bonds is 7. The molecule has 2 N–H and O–H groups in total. The third-order valence-electron chi connectivity index (χ3n) is 3.75. The van der Waals surface area contributed by atoms with Gasteiger partial charge in [0, 0.05) is 11.5 Å². The van der Waals surface area contributed by atoms with Crippen LogP contribution in [0, 0.1) is 0 Å². The van der Waals surface area contributed by atoms with Crippen molar-refractivity contribution in [2.75, 3.05) is 23.9 Å². The van der Waals surface area contributed by atoms with Gasteiger partial charge in [0.2, 0.25) is 0 Å². The highest BCUT2D eigenvalue weighted by molar-refractivity contribution is 8.00. The summed E-state index contributed by atoms with van der Waals surface area (Å²) in [5.74, 6) is 2.67. The van der Waals surface area contributed by atoms with Gasteiger partial charge in [-0.3, -0.25) is 10.1 Å². The van der Waals surface area contributed by atoms with E-state index in [0.29, 0.717) is 12.4 Å². The number of thiazole rings is 1. The van der Waals surface area contributed by atoms with Crippen LogP contribution in [0.25, 0.3) is 10.2 Å². The second-order valence-corrected chi connectivity index (χ2v) is 9.44. The van der Waals surface area contributed by atoms with Crippen LogP contribution in [-0.4, -0.2) is 46.0 Å². The lowest BCUT2D eigenvalue weighted by molar-refractivity contribution is -0.138. The molecule has 1 aliphatic rings. The molecular formula is C16H20N2O3S3. The number of thioether (sulfide) groups is 2. The maximum absolute atomic E-state index is 11.2. The number of aliphatic carboxylic acids is 1. The molecule has 130 valence electrons. The van der Waals surface area contributed by atoms with Gasteiger partial charge >= 0.3 is 5.97 Å². The first-order chi connectivity index (χ1) is 11.5. The molecule has 2 atom stereocenters. The fraction of sp³-hybridized carbons (Fsp3) is 0.500. The maximum atomic E-state index is 11.2. The molecule has 2 aromatic rings. The van der Waals surface area contributed by atoms with E-state index < -0.39 is 16.9 Å². The highest BCUT2D eigenvalue weighted by atomic mass is 32.2. The minimum atomic E-state index is -0.812. The van der Waals surface area contributed by atoms with E-state index in [1.807, 2.05) is 36.9 Å². The SMILES string of the molecule is CCSCCOc1ccc2nc(C3(C)N[C@@H](C(=O)O)CS3)sc2c1. The fourth-order valence-electron chi connectivity index (χ4n) is 2.48. The number of ether oxygens (including phenoxy) is 1. The second-order valence-electron chi connectivity index (χ2n) is 5.57. The van der Waals surface area contributed by atoms with Gasteiger partial charge in [-0.1, -0.05) is 6.92 Å². The Labute approximate surface area is 153 Å². The van der Waals surface area contributed by atoms with Gasteiger partial charge in [-0.15, -0.1) is 23.1 Å². The molecule has 1 aromatic carbocycles. The first-order valence-electron chi connectivity index (χ1n) is 7.78. The van der Waals surface area contributed by atoms with E-state index in [0.717, 1.165) is 32.5 Å². The van der Waals surface area contributed by atoms with Gasteiger partial charge in [0.15, 0.2) is 0 Å². The van der Waals surface area contributed by atoms with Crippen molar-refractivity contribution in [3.8, 4) is 5.75 Å². The first kappa shape index (κ1) is 17.8. The molecule has 0 bridgehead atoms. The van der Waals surface area contributed by atoms with Gasteiger partial charge in [-0.05, 0) is 30.9 Å². The normalized spacial score (nSPS) is 23.7. The van der Waals surface area contributed by atoms with Gasteiger partial charge in [-0.25, -0.2) is 4.98 Å². The van der Waals surface area contributed by atoms with Crippen molar-refractivity contribution < 1.29 is 14.6 Å². The molecule has 1 saturated heterocycles. The molecule has 0 radical (unpaired) electrons. The molecule has 0 aliphatic carbocycles. The van der Waals surface area contributed by atoms with Gasteiger partial charge in [0.05, 0.1) is 16.8 Å². The number of benzene rings is 1. The minimum Gasteiger partial charge on any atom is -0.493 e. The predicted molar refractivity (Wildman–Crippen MR) is 102 cm³/mol. The van der Waals surface area contributed by atoms with Crippen molar-refractivity contribution in [2.24, 2.45) is 0 Å². The number of aromatic nitrogens is 1. The van der Waals surface area contributed by atoms with E-state index in [1.54, 1.807) is 23.1 Å². The van der Waals surface area contributed by atoms with Crippen molar-refractivity contribution in [3.05, 3.63) is 23.2 Å². The summed E-state index contributed by atoms with van der Waals surface area (Å²) in [5.41, 5.74) is 0.924. The highest BCUT2D eigenvalue weighted by Crippen LogP contribution is 2.42. The summed E-state index contributed by atoms with van der Waals surface area (Å²) < 4.78 is 6.85. The molecule has 0 amide bonds. The van der Waals surface area contributed by atoms with E-state index in [9.17, 15) is 9.90 Å². The number of hydrogen-bond acceptors (Lipinski definition) is 7. The van der Waals surface area contributed by atoms with Crippen LogP contribution in [0.15, 0.2) is 18.2 Å². The third kappa shape index (κ3) is 3.82. The Bertz CT molecular complexity index is 736. The number of fused-ring (bicyclic) bond motifs is 1. The van der Waals surface area contributed by atoms with Crippen LogP contribution in [0.5, 0.6) is 5.75 Å². The molecule has 2 heterocycles. The van der Waals surface area contributed by atoms with Gasteiger partial charge in [0.25, 0.3) is 0 Å². The molecular weight excluding hydrogens is 364 g/mol. The molecule has 5 nitrogen and oxygen atoms in total. The lowest BCUT2D eigenvalue weighted by Crippen LogP contribution is -2.41. The fourth-order valence-corrected chi connectivity index (χ4v) is 5.40. The van der Waals surface area contributed by atoms with E-state index in [-0.39, 0.29) is 0 Å². The predicted octanol–water partition coefficient (Wildman–Crippen LogP) is 3.39. The summed E-state index contributed by atoms with van der Waals surface area (Å²) in [5, 5.41) is 13.3. The van der Waals surface area contributed by atoms with Crippen LogP contribution in [0.3, 0.4) is 0 Å². The monoisotopic (exact) mass is 384 g/mol. The van der Waals surface area contributed by atoms with Crippen molar-refractivity contribution in [1.29, 1.82) is 0 Å². The minimum absolute atomic E-state index is 0.453. The summed E-state index contributed by atoms with van der Waals surface area (Å²) >= 11 is 5.05. The molecule has 1 aromatic heterocycles. The molecule has 24 heavy (non-hydrogen) atoms. The largest absolute Gasteiger partial charge is 0.493 e. The van der Waals surface area contributed by atoms with Crippen molar-refractivity contribution >= 4 is 51.0 Å². The summed E-state index contributed by atoms with van der Waals surface area (Å²) in [4.78, 5) is 15.4. The molecule has 1 aliphatic heterocycles. The van der Waals surface area contributed by atoms with Crippen molar-refractivity contribution in [3.63, 3.8) is 0 Å². The Morgan fingerprint density at radius 1 is 1.58 bits per heavy atom. The molecule has 8 heteroatoms. The maximum Gasteiger partial charge on any atom is 0.321 e. The smallest absolute Gasteiger partial charge is 0.321 e. The Morgan fingerprint density at radius 3 is 3.12 bits per heavy atom. The zero-order valence-corrected chi connectivity index (χ0v) is 16.0. The van der Waals surface area contributed by atoms with Crippen molar-refractivity contribution in [1.82, 2.24) is 10.3 Å². The van der Waals surface area contributed by atoms with Gasteiger partial charge < -0.3 is 9.84 Å². The van der Waals surface area contributed by atoms with Crippen molar-refractivity contribution in [2.45, 2.75) is 24.8 Å². The number of nitrogens with one attached hydrogen (secondary N) is 1. The van der Waals surface area contributed by atoms with Crippen LogP contribution in [0.2, 0.25) is 0 Å². The standard InChI is InChI=1S/C16H20N2O3S3/c1-3-22-7-6-21-10-4-5-11-13(8-10)24-15(17-11)16(2)18-12(9-23-16)14(19)20/h4-5,8,12,18H,3,6-7,9H2,1-2H3,(H,19,20)/t12-,16?/m1/s1.